The van der Waals surface area contributed by atoms with Crippen molar-refractivity contribution in [2.45, 2.75) is 26.3 Å². The highest BCUT2D eigenvalue weighted by Gasteiger charge is 2.22. The smallest absolute Gasteiger partial charge is 0.414 e. The molecule has 1 heterocycles. The van der Waals surface area contributed by atoms with Crippen LogP contribution in [0.2, 0.25) is 5.02 Å². The number of hydrogen-bond acceptors (Lipinski definition) is 5. The van der Waals surface area contributed by atoms with Crippen molar-refractivity contribution >= 4 is 29.5 Å². The Bertz CT molecular complexity index is 1480. The van der Waals surface area contributed by atoms with Gasteiger partial charge in [0.2, 0.25) is 0 Å². The van der Waals surface area contributed by atoms with Crippen LogP contribution in [0.15, 0.2) is 95.8 Å². The van der Waals surface area contributed by atoms with E-state index >= 15 is 0 Å². The highest BCUT2D eigenvalue weighted by molar-refractivity contribution is 6.30. The molecule has 0 fully saturated rings. The lowest BCUT2D eigenvalue weighted by Gasteiger charge is -2.22. The zero-order chi connectivity index (χ0) is 28.3. The summed E-state index contributed by atoms with van der Waals surface area (Å²) in [5.74, 6) is 0.706. The second-order valence-electron chi connectivity index (χ2n) is 9.02. The van der Waals surface area contributed by atoms with E-state index in [2.05, 4.69) is 5.10 Å². The van der Waals surface area contributed by atoms with Gasteiger partial charge in [-0.2, -0.15) is 5.10 Å². The molecule has 0 aliphatic carbocycles. The van der Waals surface area contributed by atoms with Crippen molar-refractivity contribution in [3.05, 3.63) is 118 Å². The third kappa shape index (κ3) is 7.61. The Morgan fingerprint density at radius 3 is 2.42 bits per heavy atom. The highest BCUT2D eigenvalue weighted by Crippen LogP contribution is 2.24. The Morgan fingerprint density at radius 1 is 1.02 bits per heavy atom. The van der Waals surface area contributed by atoms with Crippen molar-refractivity contribution in [3.8, 4) is 17.0 Å². The molecule has 0 radical (unpaired) electrons. The van der Waals surface area contributed by atoms with Crippen LogP contribution in [0.5, 0.6) is 5.75 Å². The van der Waals surface area contributed by atoms with Gasteiger partial charge in [0.25, 0.3) is 5.56 Å². The van der Waals surface area contributed by atoms with Crippen LogP contribution >= 0.6 is 11.6 Å². The Balaban J connectivity index is 1.70. The van der Waals surface area contributed by atoms with Gasteiger partial charge in [0, 0.05) is 17.1 Å². The molecule has 0 spiro atoms. The quantitative estimate of drug-likeness (QED) is 0.201. The van der Waals surface area contributed by atoms with Crippen LogP contribution in [-0.4, -0.2) is 36.1 Å². The minimum Gasteiger partial charge on any atom is -0.497 e. The first-order valence-corrected chi connectivity index (χ1v) is 13.5. The summed E-state index contributed by atoms with van der Waals surface area (Å²) in [7, 11) is 1.60. The normalized spacial score (nSPS) is 11.0. The second-order valence-corrected chi connectivity index (χ2v) is 9.46. The summed E-state index contributed by atoms with van der Waals surface area (Å²) in [6, 6.07) is 26.5. The van der Waals surface area contributed by atoms with E-state index in [1.165, 1.54) is 9.58 Å². The van der Waals surface area contributed by atoms with Gasteiger partial charge in [-0.1, -0.05) is 66.2 Å². The van der Waals surface area contributed by atoms with Crippen LogP contribution in [0, 0.1) is 0 Å². The van der Waals surface area contributed by atoms with Crippen molar-refractivity contribution in [1.29, 1.82) is 0 Å². The first kappa shape index (κ1) is 28.6. The zero-order valence-electron chi connectivity index (χ0n) is 22.6. The Labute approximate surface area is 239 Å². The predicted molar refractivity (Wildman–Crippen MR) is 160 cm³/mol. The molecule has 8 heteroatoms. The summed E-state index contributed by atoms with van der Waals surface area (Å²) in [5, 5.41) is 5.28. The molecule has 0 N–H and O–H groups in total. The first-order chi connectivity index (χ1) is 19.5. The summed E-state index contributed by atoms with van der Waals surface area (Å²) >= 11 is 5.99. The fraction of sp³-hybridized carbons (Fsp3) is 0.219. The maximum atomic E-state index is 13.7. The molecule has 206 valence electrons. The van der Waals surface area contributed by atoms with Gasteiger partial charge in [0.1, 0.15) is 11.4 Å². The molecule has 0 unspecified atom stereocenters. The number of carbonyl (C=O) groups excluding carboxylic acids is 1. The van der Waals surface area contributed by atoms with E-state index in [0.717, 1.165) is 23.1 Å². The van der Waals surface area contributed by atoms with E-state index in [4.69, 9.17) is 21.1 Å². The number of aromatic nitrogens is 2. The topological polar surface area (TPSA) is 73.7 Å². The van der Waals surface area contributed by atoms with Gasteiger partial charge in [-0.3, -0.25) is 9.69 Å². The number of hydrogen-bond donors (Lipinski definition) is 0. The number of nitrogens with zero attached hydrogens (tertiary/aromatic N) is 3. The number of benzene rings is 3. The van der Waals surface area contributed by atoms with E-state index in [0.29, 0.717) is 29.4 Å². The number of aryl methyl sites for hydroxylation is 1. The fourth-order valence-corrected chi connectivity index (χ4v) is 4.33. The maximum Gasteiger partial charge on any atom is 0.414 e. The van der Waals surface area contributed by atoms with Crippen molar-refractivity contribution in [2.24, 2.45) is 0 Å². The number of carbonyl (C=O) groups is 1. The van der Waals surface area contributed by atoms with Crippen LogP contribution in [0.4, 0.5) is 10.5 Å². The van der Waals surface area contributed by atoms with Crippen LogP contribution in [-0.2, 0) is 17.7 Å². The second kappa shape index (κ2) is 14.1. The maximum absolute atomic E-state index is 13.7. The Kier molecular flexibility index (Phi) is 10.1. The van der Waals surface area contributed by atoms with Crippen LogP contribution in [0.25, 0.3) is 17.3 Å². The molecule has 4 aromatic rings. The van der Waals surface area contributed by atoms with Gasteiger partial charge in [-0.15, -0.1) is 0 Å². The number of allylic oxidation sites excluding steroid dienone is 1. The minimum absolute atomic E-state index is 0.197. The molecular weight excluding hydrogens is 526 g/mol. The molecule has 0 atom stereocenters. The SMILES string of the molecule is CCOC(=O)N(CCCc1ccccc1)c1cc(-c2ccc(OC)cc2)nn(CC=Cc2ccc(Cl)cc2)c1=O. The summed E-state index contributed by atoms with van der Waals surface area (Å²) in [6.07, 6.45) is 4.59. The zero-order valence-corrected chi connectivity index (χ0v) is 23.4. The van der Waals surface area contributed by atoms with Crippen molar-refractivity contribution in [3.63, 3.8) is 0 Å². The fourth-order valence-electron chi connectivity index (χ4n) is 4.21. The summed E-state index contributed by atoms with van der Waals surface area (Å²) < 4.78 is 12.0. The van der Waals surface area contributed by atoms with Gasteiger partial charge in [-0.05, 0) is 73.4 Å². The number of ether oxygens (including phenoxy) is 2. The molecule has 0 saturated carbocycles. The number of anilines is 1. The Morgan fingerprint density at radius 2 is 1.75 bits per heavy atom. The Hall–Kier alpha value is -4.36. The summed E-state index contributed by atoms with van der Waals surface area (Å²) in [5.41, 5.74) is 3.26. The number of amides is 1. The van der Waals surface area contributed by atoms with Crippen LogP contribution in [0.1, 0.15) is 24.5 Å². The van der Waals surface area contributed by atoms with E-state index < -0.39 is 6.09 Å². The van der Waals surface area contributed by atoms with Gasteiger partial charge in [0.05, 0.1) is 26.0 Å². The van der Waals surface area contributed by atoms with Crippen LogP contribution < -0.4 is 15.2 Å². The molecule has 0 bridgehead atoms. The van der Waals surface area contributed by atoms with Crippen molar-refractivity contribution < 1.29 is 14.3 Å². The van der Waals surface area contributed by atoms with E-state index in [-0.39, 0.29) is 24.4 Å². The molecular formula is C32H32ClN3O4. The number of rotatable bonds is 11. The monoisotopic (exact) mass is 557 g/mol. The standard InChI is InChI=1S/C32H32ClN3O4/c1-3-40-32(38)35(21-7-11-24-9-5-4-6-10-24)30-23-29(26-15-19-28(39-2)20-16-26)34-36(31(30)37)22-8-12-25-13-17-27(33)18-14-25/h4-6,8-10,12-20,23H,3,7,11,21-22H2,1-2H3. The lowest BCUT2D eigenvalue weighted by molar-refractivity contribution is 0.159. The summed E-state index contributed by atoms with van der Waals surface area (Å²) in [4.78, 5) is 28.2. The molecule has 7 nitrogen and oxygen atoms in total. The molecule has 0 aliphatic rings. The predicted octanol–water partition coefficient (Wildman–Crippen LogP) is 6.88. The largest absolute Gasteiger partial charge is 0.497 e. The molecule has 3 aromatic carbocycles. The van der Waals surface area contributed by atoms with Gasteiger partial charge < -0.3 is 9.47 Å². The summed E-state index contributed by atoms with van der Waals surface area (Å²) in [6.45, 7) is 2.46. The minimum atomic E-state index is -0.567. The average molecular weight is 558 g/mol. The van der Waals surface area contributed by atoms with Gasteiger partial charge >= 0.3 is 6.09 Å². The molecule has 4 rings (SSSR count). The lowest BCUT2D eigenvalue weighted by Crippen LogP contribution is -2.39. The first-order valence-electron chi connectivity index (χ1n) is 13.2. The van der Waals surface area contributed by atoms with Crippen molar-refractivity contribution in [1.82, 2.24) is 9.78 Å². The van der Waals surface area contributed by atoms with Gasteiger partial charge in [-0.25, -0.2) is 9.48 Å². The van der Waals surface area contributed by atoms with E-state index in [1.54, 1.807) is 32.2 Å². The number of halogens is 1. The van der Waals surface area contributed by atoms with Gasteiger partial charge in [0.15, 0.2) is 0 Å². The third-order valence-corrected chi connectivity index (χ3v) is 6.52. The van der Waals surface area contributed by atoms with Crippen molar-refractivity contribution in [2.75, 3.05) is 25.2 Å². The lowest BCUT2D eigenvalue weighted by atomic mass is 10.1. The molecule has 0 saturated heterocycles. The molecule has 0 aliphatic heterocycles. The molecule has 1 aromatic heterocycles. The van der Waals surface area contributed by atoms with E-state index in [9.17, 15) is 9.59 Å². The van der Waals surface area contributed by atoms with Crippen LogP contribution in [0.3, 0.4) is 0 Å². The molecule has 40 heavy (non-hydrogen) atoms. The van der Waals surface area contributed by atoms with E-state index in [1.807, 2.05) is 78.9 Å². The number of methoxy groups -OCH3 is 1. The molecule has 1 amide bonds. The average Bonchev–Trinajstić information content (AvgIpc) is 2.98. The third-order valence-electron chi connectivity index (χ3n) is 6.27. The highest BCUT2D eigenvalue weighted by atomic mass is 35.5.